The second kappa shape index (κ2) is 11.6. The molecule has 154 valence electrons. The lowest BCUT2D eigenvalue weighted by atomic mass is 9.88. The van der Waals surface area contributed by atoms with Crippen molar-refractivity contribution >= 4 is 11.8 Å². The molecule has 0 unspecified atom stereocenters. The molecule has 0 saturated heterocycles. The van der Waals surface area contributed by atoms with Crippen molar-refractivity contribution in [3.8, 4) is 5.75 Å². The van der Waals surface area contributed by atoms with Gasteiger partial charge in [-0.1, -0.05) is 30.4 Å². The van der Waals surface area contributed by atoms with Gasteiger partial charge in [-0.2, -0.15) is 0 Å². The zero-order chi connectivity index (χ0) is 20.4. The fraction of sp³-hybridized carbons (Fsp3) is 0.545. The average Bonchev–Trinajstić information content (AvgIpc) is 3.02. The van der Waals surface area contributed by atoms with Gasteiger partial charge in [-0.25, -0.2) is 0 Å². The lowest BCUT2D eigenvalue weighted by molar-refractivity contribution is -0.137. The summed E-state index contributed by atoms with van der Waals surface area (Å²) >= 11 is 0. The van der Waals surface area contributed by atoms with Crippen molar-refractivity contribution in [2.45, 2.75) is 57.2 Å². The molecule has 4 atom stereocenters. The Kier molecular flexibility index (Phi) is 9.17. The van der Waals surface area contributed by atoms with Crippen LogP contribution in [0.1, 0.15) is 44.9 Å². The highest BCUT2D eigenvalue weighted by Gasteiger charge is 2.34. The topological polar surface area (TPSA) is 104 Å². The quantitative estimate of drug-likeness (QED) is 0.374. The van der Waals surface area contributed by atoms with Crippen LogP contribution < -0.4 is 4.74 Å². The molecule has 0 spiro atoms. The Morgan fingerprint density at radius 3 is 2.57 bits per heavy atom. The molecule has 1 aliphatic carbocycles. The van der Waals surface area contributed by atoms with E-state index in [1.165, 1.54) is 0 Å². The van der Waals surface area contributed by atoms with Gasteiger partial charge >= 0.3 is 5.97 Å². The fourth-order valence-corrected chi connectivity index (χ4v) is 3.61. The summed E-state index contributed by atoms with van der Waals surface area (Å²) in [5.74, 6) is -0.153. The van der Waals surface area contributed by atoms with Crippen LogP contribution in [0, 0.1) is 11.8 Å². The predicted octanol–water partition coefficient (Wildman–Crippen LogP) is 2.97. The monoisotopic (exact) mass is 390 g/mol. The Labute approximate surface area is 165 Å². The second-order valence-electron chi connectivity index (χ2n) is 7.40. The third kappa shape index (κ3) is 7.82. The van der Waals surface area contributed by atoms with Crippen molar-refractivity contribution in [2.75, 3.05) is 6.61 Å². The van der Waals surface area contributed by atoms with E-state index in [-0.39, 0.29) is 30.6 Å². The second-order valence-corrected chi connectivity index (χ2v) is 7.40. The molecule has 1 aromatic rings. The molecular weight excluding hydrogens is 360 g/mol. The number of para-hydroxylation sites is 1. The van der Waals surface area contributed by atoms with E-state index in [0.29, 0.717) is 37.9 Å². The Morgan fingerprint density at radius 2 is 1.86 bits per heavy atom. The van der Waals surface area contributed by atoms with E-state index in [9.17, 15) is 19.8 Å². The fourth-order valence-electron chi connectivity index (χ4n) is 3.61. The first kappa shape index (κ1) is 22.1. The van der Waals surface area contributed by atoms with Crippen molar-refractivity contribution < 1.29 is 29.6 Å². The minimum atomic E-state index is -0.841. The molecule has 2 rings (SSSR count). The van der Waals surface area contributed by atoms with E-state index in [4.69, 9.17) is 9.84 Å². The first-order chi connectivity index (χ1) is 13.5. The van der Waals surface area contributed by atoms with Crippen molar-refractivity contribution in [3.05, 3.63) is 42.5 Å². The maximum absolute atomic E-state index is 12.2. The van der Waals surface area contributed by atoms with Gasteiger partial charge in [0.2, 0.25) is 0 Å². The highest BCUT2D eigenvalue weighted by atomic mass is 16.5. The van der Waals surface area contributed by atoms with E-state index < -0.39 is 18.2 Å². The van der Waals surface area contributed by atoms with Gasteiger partial charge in [0.15, 0.2) is 0 Å². The molecule has 28 heavy (non-hydrogen) atoms. The van der Waals surface area contributed by atoms with Gasteiger partial charge in [0.05, 0.1) is 6.10 Å². The summed E-state index contributed by atoms with van der Waals surface area (Å²) in [5, 5.41) is 29.0. The van der Waals surface area contributed by atoms with E-state index in [1.807, 2.05) is 30.3 Å². The number of hydrogen-bond acceptors (Lipinski definition) is 5. The first-order valence-electron chi connectivity index (χ1n) is 9.91. The summed E-state index contributed by atoms with van der Waals surface area (Å²) < 4.78 is 5.51. The number of hydrogen-bond donors (Lipinski definition) is 3. The summed E-state index contributed by atoms with van der Waals surface area (Å²) in [7, 11) is 0. The van der Waals surface area contributed by atoms with Gasteiger partial charge in [0.1, 0.15) is 24.2 Å². The normalized spacial score (nSPS) is 23.0. The third-order valence-corrected chi connectivity index (χ3v) is 5.13. The number of rotatable bonds is 12. The SMILES string of the molecule is O=C(O)CCCCC(=O)C[C@H]1CC[C@@H](O)[C@@H]1/C=C/[C@@H](O)COc1ccccc1. The number of ether oxygens (including phenoxy) is 1. The molecule has 6 nitrogen and oxygen atoms in total. The Hall–Kier alpha value is -2.18. The predicted molar refractivity (Wildman–Crippen MR) is 105 cm³/mol. The number of unbranched alkanes of at least 4 members (excludes halogenated alkanes) is 1. The average molecular weight is 390 g/mol. The number of carboxylic acids is 1. The van der Waals surface area contributed by atoms with Crippen LogP contribution in [0.2, 0.25) is 0 Å². The molecule has 0 aliphatic heterocycles. The van der Waals surface area contributed by atoms with Crippen molar-refractivity contribution in [2.24, 2.45) is 11.8 Å². The van der Waals surface area contributed by atoms with Gasteiger partial charge in [-0.15, -0.1) is 0 Å². The summed E-state index contributed by atoms with van der Waals surface area (Å²) in [6, 6.07) is 9.23. The van der Waals surface area contributed by atoms with Crippen LogP contribution in [0.4, 0.5) is 0 Å². The van der Waals surface area contributed by atoms with Gasteiger partial charge < -0.3 is 20.1 Å². The number of carbonyl (C=O) groups is 2. The Morgan fingerprint density at radius 1 is 1.14 bits per heavy atom. The van der Waals surface area contributed by atoms with Crippen LogP contribution >= 0.6 is 0 Å². The van der Waals surface area contributed by atoms with E-state index in [2.05, 4.69) is 0 Å². The Bertz CT molecular complexity index is 642. The van der Waals surface area contributed by atoms with Crippen molar-refractivity contribution in [3.63, 3.8) is 0 Å². The van der Waals surface area contributed by atoms with Crippen LogP contribution in [-0.4, -0.2) is 45.9 Å². The van der Waals surface area contributed by atoms with Gasteiger partial charge in [0, 0.05) is 25.2 Å². The van der Waals surface area contributed by atoms with Gasteiger partial charge in [0.25, 0.3) is 0 Å². The summed E-state index contributed by atoms with van der Waals surface area (Å²) in [4.78, 5) is 22.7. The molecule has 0 heterocycles. The number of carboxylic acid groups (broad SMARTS) is 1. The zero-order valence-electron chi connectivity index (χ0n) is 16.1. The molecule has 0 amide bonds. The van der Waals surface area contributed by atoms with Crippen LogP contribution in [0.3, 0.4) is 0 Å². The molecule has 1 aliphatic rings. The standard InChI is InChI=1S/C22H30O6/c23-17(6-4-5-9-22(26)27)14-16-10-13-21(25)20(16)12-11-18(24)15-28-19-7-2-1-3-8-19/h1-3,7-8,11-12,16,18,20-21,24-25H,4-6,9-10,13-15H2,(H,26,27)/b12-11+/t16-,18-,20-,21-/m1/s1. The van der Waals surface area contributed by atoms with E-state index in [1.54, 1.807) is 12.2 Å². The minimum Gasteiger partial charge on any atom is -0.491 e. The molecule has 0 bridgehead atoms. The maximum Gasteiger partial charge on any atom is 0.303 e. The Balaban J connectivity index is 1.77. The molecule has 3 N–H and O–H groups in total. The lowest BCUT2D eigenvalue weighted by Crippen LogP contribution is -2.21. The molecule has 1 aromatic carbocycles. The summed E-state index contributed by atoms with van der Waals surface area (Å²) in [6.07, 6.45) is 5.48. The highest BCUT2D eigenvalue weighted by Crippen LogP contribution is 2.36. The first-order valence-corrected chi connectivity index (χ1v) is 9.91. The van der Waals surface area contributed by atoms with E-state index >= 15 is 0 Å². The van der Waals surface area contributed by atoms with Crippen LogP contribution in [0.5, 0.6) is 5.75 Å². The molecule has 1 saturated carbocycles. The van der Waals surface area contributed by atoms with Gasteiger partial charge in [-0.3, -0.25) is 9.59 Å². The molecule has 0 aromatic heterocycles. The van der Waals surface area contributed by atoms with Crippen molar-refractivity contribution in [1.82, 2.24) is 0 Å². The number of carbonyl (C=O) groups excluding carboxylic acids is 1. The number of ketones is 1. The molecule has 1 fully saturated rings. The zero-order valence-corrected chi connectivity index (χ0v) is 16.1. The minimum absolute atomic E-state index is 0.0560. The highest BCUT2D eigenvalue weighted by molar-refractivity contribution is 5.78. The van der Waals surface area contributed by atoms with E-state index in [0.717, 1.165) is 6.42 Å². The van der Waals surface area contributed by atoms with Crippen LogP contribution in [0.15, 0.2) is 42.5 Å². The number of benzene rings is 1. The summed E-state index contributed by atoms with van der Waals surface area (Å²) in [6.45, 7) is 0.122. The number of aliphatic carboxylic acids is 1. The van der Waals surface area contributed by atoms with Gasteiger partial charge in [-0.05, 0) is 43.7 Å². The smallest absolute Gasteiger partial charge is 0.303 e. The molecule has 6 heteroatoms. The number of Topliss-reactive ketones (excluding diaryl/α,β-unsaturated/α-hetero) is 1. The number of aliphatic hydroxyl groups is 2. The molecule has 0 radical (unpaired) electrons. The molecular formula is C22H30O6. The van der Waals surface area contributed by atoms with Crippen LogP contribution in [0.25, 0.3) is 0 Å². The maximum atomic E-state index is 12.2. The third-order valence-electron chi connectivity index (χ3n) is 5.13. The largest absolute Gasteiger partial charge is 0.491 e. The number of aliphatic hydroxyl groups excluding tert-OH is 2. The summed E-state index contributed by atoms with van der Waals surface area (Å²) in [5.41, 5.74) is 0. The van der Waals surface area contributed by atoms with Crippen LogP contribution in [-0.2, 0) is 9.59 Å². The van der Waals surface area contributed by atoms with Crippen molar-refractivity contribution in [1.29, 1.82) is 0 Å². The lowest BCUT2D eigenvalue weighted by Gasteiger charge is -2.19.